The van der Waals surface area contributed by atoms with Crippen LogP contribution in [-0.4, -0.2) is 44.9 Å². The van der Waals surface area contributed by atoms with Crippen LogP contribution in [0, 0.1) is 0 Å². The van der Waals surface area contributed by atoms with Crippen molar-refractivity contribution in [3.63, 3.8) is 0 Å². The normalized spacial score (nSPS) is 13.0. The molecule has 0 aliphatic rings. The quantitative estimate of drug-likeness (QED) is 0.160. The highest BCUT2D eigenvalue weighted by Gasteiger charge is 2.39. The van der Waals surface area contributed by atoms with Crippen LogP contribution >= 0.6 is 7.14 Å². The molecule has 0 saturated carbocycles. The van der Waals surface area contributed by atoms with Crippen molar-refractivity contribution >= 4 is 13.1 Å². The fourth-order valence-electron chi connectivity index (χ4n) is 4.97. The summed E-state index contributed by atoms with van der Waals surface area (Å²) in [5.74, 6) is -0.0969. The molecule has 4 aromatic rings. The summed E-state index contributed by atoms with van der Waals surface area (Å²) in [5, 5.41) is 0. The largest absolute Gasteiger partial charge is 0.368 e. The van der Waals surface area contributed by atoms with E-state index in [-0.39, 0.29) is 36.8 Å². The zero-order chi connectivity index (χ0) is 29.5. The van der Waals surface area contributed by atoms with Crippen LogP contribution in [0.3, 0.4) is 0 Å². The van der Waals surface area contributed by atoms with Gasteiger partial charge in [-0.3, -0.25) is 4.57 Å². The summed E-state index contributed by atoms with van der Waals surface area (Å²) >= 11 is 0. The average molecular weight is 575 g/mol. The minimum Gasteiger partial charge on any atom is -0.368 e. The maximum Gasteiger partial charge on any atom is 0.352 e. The number of aromatic nitrogens is 3. The van der Waals surface area contributed by atoms with Crippen LogP contribution in [0.15, 0.2) is 102 Å². The van der Waals surface area contributed by atoms with Crippen LogP contribution in [0.1, 0.15) is 44.4 Å². The molecule has 0 saturated heterocycles. The summed E-state index contributed by atoms with van der Waals surface area (Å²) in [5.41, 5.74) is 6.83. The molecular weight excluding hydrogens is 535 g/mol. The molecule has 216 valence electrons. The molecule has 2 N–H and O–H groups in total. The van der Waals surface area contributed by atoms with Gasteiger partial charge in [0.1, 0.15) is 25.4 Å². The SMILES string of the molecule is CC(C)P(=O)(COC(COC(c1ccccc1)(c1ccccc1)c1ccccc1)Cn1cnc(N)nc1=O)C(C)C. The minimum atomic E-state index is -2.70. The van der Waals surface area contributed by atoms with E-state index in [4.69, 9.17) is 15.2 Å². The van der Waals surface area contributed by atoms with E-state index < -0.39 is 24.5 Å². The molecule has 0 amide bonds. The maximum atomic E-state index is 13.9. The first-order chi connectivity index (χ1) is 19.7. The predicted octanol–water partition coefficient (Wildman–Crippen LogP) is 5.75. The summed E-state index contributed by atoms with van der Waals surface area (Å²) in [4.78, 5) is 20.4. The lowest BCUT2D eigenvalue weighted by Gasteiger charge is -2.37. The third kappa shape index (κ3) is 6.84. The molecule has 1 aromatic heterocycles. The van der Waals surface area contributed by atoms with E-state index in [2.05, 4.69) is 9.97 Å². The van der Waals surface area contributed by atoms with Gasteiger partial charge in [-0.1, -0.05) is 119 Å². The molecule has 41 heavy (non-hydrogen) atoms. The van der Waals surface area contributed by atoms with E-state index in [1.54, 1.807) is 0 Å². The Labute approximate surface area is 242 Å². The molecule has 1 heterocycles. The number of rotatable bonds is 13. The molecule has 8 nitrogen and oxygen atoms in total. The highest BCUT2D eigenvalue weighted by atomic mass is 31.2. The van der Waals surface area contributed by atoms with Gasteiger partial charge in [0.25, 0.3) is 0 Å². The van der Waals surface area contributed by atoms with Crippen molar-refractivity contribution in [3.05, 3.63) is 124 Å². The number of ether oxygens (including phenoxy) is 2. The fraction of sp³-hybridized carbons (Fsp3) is 0.344. The van der Waals surface area contributed by atoms with Crippen molar-refractivity contribution in [2.24, 2.45) is 0 Å². The third-order valence-corrected chi connectivity index (χ3v) is 11.5. The van der Waals surface area contributed by atoms with Crippen molar-refractivity contribution in [1.82, 2.24) is 14.5 Å². The zero-order valence-corrected chi connectivity index (χ0v) is 25.0. The van der Waals surface area contributed by atoms with Gasteiger partial charge in [0.05, 0.1) is 19.3 Å². The topological polar surface area (TPSA) is 109 Å². The van der Waals surface area contributed by atoms with E-state index in [0.717, 1.165) is 16.7 Å². The molecule has 0 spiro atoms. The molecular formula is C32H39N4O4P. The molecule has 0 bridgehead atoms. The number of nitrogens with two attached hydrogens (primary N) is 1. The predicted molar refractivity (Wildman–Crippen MR) is 163 cm³/mol. The van der Waals surface area contributed by atoms with Gasteiger partial charge in [-0.15, -0.1) is 0 Å². The average Bonchev–Trinajstić information content (AvgIpc) is 2.98. The Morgan fingerprint density at radius 3 is 1.71 bits per heavy atom. The van der Waals surface area contributed by atoms with Crippen molar-refractivity contribution < 1.29 is 14.0 Å². The van der Waals surface area contributed by atoms with Crippen LogP contribution in [0.5, 0.6) is 0 Å². The molecule has 1 atom stereocenters. The van der Waals surface area contributed by atoms with Crippen molar-refractivity contribution in [1.29, 1.82) is 0 Å². The van der Waals surface area contributed by atoms with Crippen LogP contribution in [0.2, 0.25) is 0 Å². The van der Waals surface area contributed by atoms with Crippen LogP contribution in [-0.2, 0) is 26.2 Å². The Bertz CT molecular complexity index is 1390. The number of nitrogen functional groups attached to an aromatic ring is 1. The lowest BCUT2D eigenvalue weighted by Crippen LogP contribution is -2.39. The maximum absolute atomic E-state index is 13.9. The number of nitrogens with zero attached hydrogens (tertiary/aromatic N) is 3. The van der Waals surface area contributed by atoms with Crippen molar-refractivity contribution in [2.45, 2.75) is 57.3 Å². The van der Waals surface area contributed by atoms with Gasteiger partial charge >= 0.3 is 5.69 Å². The van der Waals surface area contributed by atoms with Gasteiger partial charge in [0, 0.05) is 11.3 Å². The van der Waals surface area contributed by atoms with Crippen LogP contribution < -0.4 is 11.4 Å². The number of anilines is 1. The smallest absolute Gasteiger partial charge is 0.352 e. The molecule has 1 unspecified atom stereocenters. The van der Waals surface area contributed by atoms with Gasteiger partial charge < -0.3 is 19.8 Å². The Kier molecular flexibility index (Phi) is 9.92. The Hall–Kier alpha value is -3.58. The fourth-order valence-corrected chi connectivity index (χ4v) is 7.20. The second kappa shape index (κ2) is 13.4. The Balaban J connectivity index is 1.77. The summed E-state index contributed by atoms with van der Waals surface area (Å²) in [6, 6.07) is 30.1. The summed E-state index contributed by atoms with van der Waals surface area (Å²) in [7, 11) is -2.70. The zero-order valence-electron chi connectivity index (χ0n) is 24.1. The summed E-state index contributed by atoms with van der Waals surface area (Å²) < 4.78 is 28.6. The summed E-state index contributed by atoms with van der Waals surface area (Å²) in [6.45, 7) is 8.02. The minimum absolute atomic E-state index is 0.0521. The van der Waals surface area contributed by atoms with Crippen molar-refractivity contribution in [2.75, 3.05) is 18.7 Å². The molecule has 0 radical (unpaired) electrons. The third-order valence-electron chi connectivity index (χ3n) is 7.47. The van der Waals surface area contributed by atoms with Gasteiger partial charge in [-0.05, 0) is 16.7 Å². The Morgan fingerprint density at radius 2 is 1.29 bits per heavy atom. The Morgan fingerprint density at radius 1 is 0.829 bits per heavy atom. The van der Waals surface area contributed by atoms with E-state index in [1.165, 1.54) is 10.9 Å². The molecule has 9 heteroatoms. The highest BCUT2D eigenvalue weighted by Crippen LogP contribution is 2.55. The molecule has 3 aromatic carbocycles. The van der Waals surface area contributed by atoms with E-state index in [9.17, 15) is 9.36 Å². The number of hydrogen-bond acceptors (Lipinski definition) is 7. The standard InChI is InChI=1S/C32H39N4O4P/c1-24(2)41(38,25(3)4)23-39-29(20-36-22-34-30(33)35-31(36)37)21-40-32(26-14-8-5-9-15-26,27-16-10-6-11-17-27)28-18-12-7-13-19-28/h5-19,22,24-25,29H,20-21,23H2,1-4H3,(H2,33,35,37). The second-order valence-electron chi connectivity index (χ2n) is 10.7. The monoisotopic (exact) mass is 574 g/mol. The number of hydrogen-bond donors (Lipinski definition) is 1. The second-order valence-corrected chi connectivity index (χ2v) is 14.7. The molecule has 0 fully saturated rings. The first kappa shape index (κ1) is 30.4. The molecule has 0 aliphatic heterocycles. The van der Waals surface area contributed by atoms with Gasteiger partial charge in [-0.2, -0.15) is 4.98 Å². The molecule has 4 rings (SSSR count). The van der Waals surface area contributed by atoms with E-state index >= 15 is 0 Å². The first-order valence-corrected chi connectivity index (χ1v) is 15.9. The van der Waals surface area contributed by atoms with Crippen molar-refractivity contribution in [3.8, 4) is 0 Å². The first-order valence-electron chi connectivity index (χ1n) is 13.9. The van der Waals surface area contributed by atoms with E-state index in [0.29, 0.717) is 0 Å². The summed E-state index contributed by atoms with van der Waals surface area (Å²) in [6.07, 6.45) is 0.779. The van der Waals surface area contributed by atoms with Crippen LogP contribution in [0.25, 0.3) is 0 Å². The van der Waals surface area contributed by atoms with Gasteiger partial charge in [0.15, 0.2) is 0 Å². The number of benzene rings is 3. The van der Waals surface area contributed by atoms with Gasteiger partial charge in [-0.25, -0.2) is 9.78 Å². The molecule has 0 aliphatic carbocycles. The highest BCUT2D eigenvalue weighted by molar-refractivity contribution is 7.65. The van der Waals surface area contributed by atoms with Gasteiger partial charge in [0.2, 0.25) is 5.95 Å². The van der Waals surface area contributed by atoms with E-state index in [1.807, 2.05) is 119 Å². The van der Waals surface area contributed by atoms with Crippen LogP contribution in [0.4, 0.5) is 5.95 Å². The lowest BCUT2D eigenvalue weighted by atomic mass is 9.80. The lowest BCUT2D eigenvalue weighted by molar-refractivity contribution is -0.0614.